The SMILES string of the molecule is COC(=O)c1sc2c3ncc(Br)cc3n(C(c3ncccc3F)C3CCOCC3)c2c1C(C)C. The first kappa shape index (κ1) is 23.4. The number of fused-ring (bicyclic) bond motifs is 3. The zero-order chi connectivity index (χ0) is 24.0. The maximum Gasteiger partial charge on any atom is 0.348 e. The van der Waals surface area contributed by atoms with Crippen LogP contribution in [-0.2, 0) is 9.47 Å². The van der Waals surface area contributed by atoms with Crippen molar-refractivity contribution in [1.82, 2.24) is 14.5 Å². The predicted molar refractivity (Wildman–Crippen MR) is 134 cm³/mol. The molecule has 5 heterocycles. The number of methoxy groups -OCH3 is 1. The molecule has 5 rings (SSSR count). The summed E-state index contributed by atoms with van der Waals surface area (Å²) in [6, 6.07) is 4.71. The van der Waals surface area contributed by atoms with E-state index < -0.39 is 0 Å². The number of hydrogen-bond donors (Lipinski definition) is 0. The maximum atomic E-state index is 15.3. The summed E-state index contributed by atoms with van der Waals surface area (Å²) in [6.07, 6.45) is 4.96. The molecule has 1 aliphatic rings. The second kappa shape index (κ2) is 9.36. The second-order valence-electron chi connectivity index (χ2n) is 8.83. The van der Waals surface area contributed by atoms with Gasteiger partial charge in [0.2, 0.25) is 0 Å². The molecule has 0 N–H and O–H groups in total. The van der Waals surface area contributed by atoms with E-state index >= 15 is 4.39 Å². The van der Waals surface area contributed by atoms with Crippen molar-refractivity contribution < 1.29 is 18.7 Å². The average Bonchev–Trinajstić information content (AvgIpc) is 3.36. The van der Waals surface area contributed by atoms with Crippen LogP contribution in [0.2, 0.25) is 0 Å². The highest BCUT2D eigenvalue weighted by atomic mass is 79.9. The van der Waals surface area contributed by atoms with Crippen molar-refractivity contribution in [1.29, 1.82) is 0 Å². The van der Waals surface area contributed by atoms with Gasteiger partial charge in [-0.05, 0) is 58.8 Å². The van der Waals surface area contributed by atoms with E-state index in [1.165, 1.54) is 24.5 Å². The lowest BCUT2D eigenvalue weighted by Gasteiger charge is -2.32. The molecule has 1 unspecified atom stereocenters. The highest BCUT2D eigenvalue weighted by Gasteiger charge is 2.36. The minimum atomic E-state index is -0.376. The van der Waals surface area contributed by atoms with E-state index in [9.17, 15) is 4.79 Å². The van der Waals surface area contributed by atoms with Crippen molar-refractivity contribution in [2.45, 2.75) is 38.6 Å². The summed E-state index contributed by atoms with van der Waals surface area (Å²) >= 11 is 4.96. The first-order valence-corrected chi connectivity index (χ1v) is 12.9. The largest absolute Gasteiger partial charge is 0.465 e. The van der Waals surface area contributed by atoms with Crippen LogP contribution in [0.25, 0.3) is 21.3 Å². The minimum absolute atomic E-state index is 0.0401. The molecule has 6 nitrogen and oxygen atoms in total. The fourth-order valence-corrected chi connectivity index (χ4v) is 6.71. The summed E-state index contributed by atoms with van der Waals surface area (Å²) < 4.78 is 30.0. The van der Waals surface area contributed by atoms with Crippen molar-refractivity contribution in [3.05, 3.63) is 57.0 Å². The second-order valence-corrected chi connectivity index (χ2v) is 10.8. The van der Waals surface area contributed by atoms with Gasteiger partial charge in [0.05, 0.1) is 34.6 Å². The summed E-state index contributed by atoms with van der Waals surface area (Å²) in [5.41, 5.74) is 3.87. The fourth-order valence-electron chi connectivity index (χ4n) is 5.01. The molecule has 34 heavy (non-hydrogen) atoms. The third kappa shape index (κ3) is 3.83. The molecule has 178 valence electrons. The van der Waals surface area contributed by atoms with Crippen LogP contribution in [0.1, 0.15) is 59.6 Å². The molecular weight excluding hydrogens is 521 g/mol. The Morgan fingerprint density at radius 1 is 1.32 bits per heavy atom. The Labute approximate surface area is 209 Å². The topological polar surface area (TPSA) is 66.2 Å². The van der Waals surface area contributed by atoms with Crippen LogP contribution in [-0.4, -0.2) is 40.8 Å². The monoisotopic (exact) mass is 545 g/mol. The number of carbonyl (C=O) groups is 1. The van der Waals surface area contributed by atoms with E-state index in [-0.39, 0.29) is 29.7 Å². The summed E-state index contributed by atoms with van der Waals surface area (Å²) in [5.74, 6) is -0.560. The van der Waals surface area contributed by atoms with Gasteiger partial charge < -0.3 is 14.0 Å². The summed E-state index contributed by atoms with van der Waals surface area (Å²) in [4.78, 5) is 22.6. The van der Waals surface area contributed by atoms with Gasteiger partial charge in [-0.3, -0.25) is 9.97 Å². The molecule has 0 amide bonds. The predicted octanol–water partition coefficient (Wildman–Crippen LogP) is 6.47. The average molecular weight is 546 g/mol. The third-order valence-corrected chi connectivity index (χ3v) is 8.09. The van der Waals surface area contributed by atoms with E-state index in [1.54, 1.807) is 18.5 Å². The number of aromatic nitrogens is 3. The Kier molecular flexibility index (Phi) is 6.43. The lowest BCUT2D eigenvalue weighted by atomic mass is 9.88. The summed E-state index contributed by atoms with van der Waals surface area (Å²) in [5, 5.41) is 0. The zero-order valence-electron chi connectivity index (χ0n) is 19.2. The number of esters is 1. The molecule has 0 saturated carbocycles. The smallest absolute Gasteiger partial charge is 0.348 e. The van der Waals surface area contributed by atoms with E-state index in [0.717, 1.165) is 44.1 Å². The van der Waals surface area contributed by atoms with Gasteiger partial charge in [-0.2, -0.15) is 0 Å². The lowest BCUT2D eigenvalue weighted by Crippen LogP contribution is -2.28. The molecule has 0 bridgehead atoms. The quantitative estimate of drug-likeness (QED) is 0.269. The Morgan fingerprint density at radius 2 is 2.09 bits per heavy atom. The number of rotatable bonds is 5. The minimum Gasteiger partial charge on any atom is -0.465 e. The third-order valence-electron chi connectivity index (χ3n) is 6.47. The first-order valence-electron chi connectivity index (χ1n) is 11.3. The lowest BCUT2D eigenvalue weighted by molar-refractivity contribution is 0.0542. The first-order chi connectivity index (χ1) is 16.4. The number of pyridine rings is 2. The molecule has 1 fully saturated rings. The number of halogens is 2. The van der Waals surface area contributed by atoms with Crippen molar-refractivity contribution in [2.75, 3.05) is 20.3 Å². The standard InChI is InChI=1S/C25H25BrFN3O3S/c1-13(2)18-22-24(34-23(18)25(31)32-3)20-17(11-15(26)12-29-20)30(22)21(14-6-9-33-10-7-14)19-16(27)5-4-8-28-19/h4-5,8,11-14,21H,6-7,9-10H2,1-3H3. The van der Waals surface area contributed by atoms with Gasteiger partial charge in [-0.25, -0.2) is 9.18 Å². The molecule has 0 radical (unpaired) electrons. The molecule has 0 aliphatic carbocycles. The van der Waals surface area contributed by atoms with Gasteiger partial charge in [0.15, 0.2) is 0 Å². The van der Waals surface area contributed by atoms with Gasteiger partial charge in [0, 0.05) is 35.6 Å². The normalized spacial score (nSPS) is 15.9. The van der Waals surface area contributed by atoms with Crippen molar-refractivity contribution >= 4 is 54.5 Å². The van der Waals surface area contributed by atoms with Crippen LogP contribution in [0.4, 0.5) is 4.39 Å². The maximum absolute atomic E-state index is 15.3. The number of hydrogen-bond acceptors (Lipinski definition) is 6. The number of nitrogens with zero attached hydrogens (tertiary/aromatic N) is 3. The zero-order valence-corrected chi connectivity index (χ0v) is 21.6. The van der Waals surface area contributed by atoms with Gasteiger partial charge in [-0.1, -0.05) is 13.8 Å². The molecule has 0 aromatic carbocycles. The molecule has 4 aromatic heterocycles. The highest BCUT2D eigenvalue weighted by Crippen LogP contribution is 2.47. The van der Waals surface area contributed by atoms with E-state index in [4.69, 9.17) is 14.5 Å². The summed E-state index contributed by atoms with van der Waals surface area (Å²) in [6.45, 7) is 5.36. The highest BCUT2D eigenvalue weighted by molar-refractivity contribution is 9.10. The molecule has 1 aliphatic heterocycles. The van der Waals surface area contributed by atoms with E-state index in [0.29, 0.717) is 23.8 Å². The Hall–Kier alpha value is -2.36. The van der Waals surface area contributed by atoms with Gasteiger partial charge >= 0.3 is 5.97 Å². The Bertz CT molecular complexity index is 1380. The molecule has 0 spiro atoms. The van der Waals surface area contributed by atoms with Crippen molar-refractivity contribution in [2.24, 2.45) is 5.92 Å². The van der Waals surface area contributed by atoms with Crippen molar-refractivity contribution in [3.63, 3.8) is 0 Å². The number of thiophene rings is 1. The Balaban J connectivity index is 1.92. The number of carbonyl (C=O) groups excluding carboxylic acids is 1. The molecular formula is C25H25BrFN3O3S. The molecule has 1 atom stereocenters. The van der Waals surface area contributed by atoms with Crippen LogP contribution in [0.3, 0.4) is 0 Å². The number of ether oxygens (including phenoxy) is 2. The molecule has 1 saturated heterocycles. The van der Waals surface area contributed by atoms with E-state index in [2.05, 4.69) is 39.3 Å². The summed E-state index contributed by atoms with van der Waals surface area (Å²) in [7, 11) is 1.40. The van der Waals surface area contributed by atoms with Crippen molar-refractivity contribution in [3.8, 4) is 0 Å². The van der Waals surface area contributed by atoms with Gasteiger partial charge in [0.25, 0.3) is 0 Å². The van der Waals surface area contributed by atoms with Crippen LogP contribution >= 0.6 is 27.3 Å². The van der Waals surface area contributed by atoms with Gasteiger partial charge in [-0.15, -0.1) is 11.3 Å². The van der Waals surface area contributed by atoms with Crippen LogP contribution in [0.5, 0.6) is 0 Å². The van der Waals surface area contributed by atoms with Crippen LogP contribution in [0, 0.1) is 11.7 Å². The fraction of sp³-hybridized carbons (Fsp3) is 0.400. The van der Waals surface area contributed by atoms with Gasteiger partial charge in [0.1, 0.15) is 16.2 Å². The molecule has 4 aromatic rings. The van der Waals surface area contributed by atoms with E-state index in [1.807, 2.05) is 6.07 Å². The van der Waals surface area contributed by atoms with Crippen LogP contribution in [0.15, 0.2) is 35.1 Å². The molecule has 9 heteroatoms. The van der Waals surface area contributed by atoms with Crippen LogP contribution < -0.4 is 0 Å². The Morgan fingerprint density at radius 3 is 2.76 bits per heavy atom.